The van der Waals surface area contributed by atoms with Crippen LogP contribution in [0.15, 0.2) is 34.8 Å². The van der Waals surface area contributed by atoms with Gasteiger partial charge in [0.15, 0.2) is 0 Å². The molecule has 0 aliphatic rings. The van der Waals surface area contributed by atoms with Crippen molar-refractivity contribution in [3.63, 3.8) is 0 Å². The van der Waals surface area contributed by atoms with Crippen LogP contribution in [0.3, 0.4) is 0 Å². The number of rotatable bonds is 3. The van der Waals surface area contributed by atoms with Gasteiger partial charge in [-0.3, -0.25) is 4.79 Å². The molecule has 2 aromatic rings. The van der Waals surface area contributed by atoms with Crippen LogP contribution < -0.4 is 5.73 Å². The van der Waals surface area contributed by atoms with Crippen LogP contribution >= 0.6 is 27.3 Å². The summed E-state index contributed by atoms with van der Waals surface area (Å²) in [4.78, 5) is 16.8. The SMILES string of the molecule is Cc1ccc(C(C)N(C)C(=O)c2cc(N)ccc2Br)s1. The Bertz CT molecular complexity index is 639. The zero-order valence-corrected chi connectivity index (χ0v) is 14.1. The van der Waals surface area contributed by atoms with Crippen LogP contribution in [0, 0.1) is 6.92 Å². The van der Waals surface area contributed by atoms with Crippen molar-refractivity contribution >= 4 is 38.9 Å². The first-order valence-electron chi connectivity index (χ1n) is 6.28. The standard InChI is InChI=1S/C15H17BrN2OS/c1-9-4-7-14(20-9)10(2)18(3)15(19)12-8-11(17)5-6-13(12)16/h4-8,10H,17H2,1-3H3. The lowest BCUT2D eigenvalue weighted by Crippen LogP contribution is -2.29. The second kappa shape index (κ2) is 5.97. The topological polar surface area (TPSA) is 46.3 Å². The molecule has 3 nitrogen and oxygen atoms in total. The van der Waals surface area contributed by atoms with E-state index in [0.717, 1.165) is 4.47 Å². The van der Waals surface area contributed by atoms with E-state index in [4.69, 9.17) is 5.73 Å². The number of nitrogens with two attached hydrogens (primary N) is 1. The Hall–Kier alpha value is -1.33. The number of amides is 1. The molecule has 5 heteroatoms. The highest BCUT2D eigenvalue weighted by atomic mass is 79.9. The van der Waals surface area contributed by atoms with Crippen LogP contribution in [0.5, 0.6) is 0 Å². The fourth-order valence-electron chi connectivity index (χ4n) is 1.94. The van der Waals surface area contributed by atoms with Gasteiger partial charge >= 0.3 is 0 Å². The molecule has 0 bridgehead atoms. The van der Waals surface area contributed by atoms with Gasteiger partial charge in [0.2, 0.25) is 0 Å². The Morgan fingerprint density at radius 3 is 2.65 bits per heavy atom. The molecule has 20 heavy (non-hydrogen) atoms. The molecule has 1 aromatic heterocycles. The first-order chi connectivity index (χ1) is 9.40. The molecule has 1 aromatic carbocycles. The van der Waals surface area contributed by atoms with Gasteiger partial charge in [0.25, 0.3) is 5.91 Å². The number of carbonyl (C=O) groups excluding carboxylic acids is 1. The lowest BCUT2D eigenvalue weighted by Gasteiger charge is -2.24. The highest BCUT2D eigenvalue weighted by Crippen LogP contribution is 2.29. The maximum Gasteiger partial charge on any atom is 0.255 e. The molecule has 0 spiro atoms. The second-order valence-electron chi connectivity index (χ2n) is 4.78. The molecule has 1 atom stereocenters. The maximum atomic E-state index is 12.6. The van der Waals surface area contributed by atoms with Crippen molar-refractivity contribution < 1.29 is 4.79 Å². The third kappa shape index (κ3) is 3.04. The molecular weight excluding hydrogens is 336 g/mol. The van der Waals surface area contributed by atoms with Gasteiger partial charge in [0.05, 0.1) is 11.6 Å². The van der Waals surface area contributed by atoms with Crippen LogP contribution in [0.2, 0.25) is 0 Å². The van der Waals surface area contributed by atoms with Crippen molar-refractivity contribution in [3.05, 3.63) is 50.1 Å². The number of hydrogen-bond acceptors (Lipinski definition) is 3. The monoisotopic (exact) mass is 352 g/mol. The Morgan fingerprint density at radius 2 is 2.05 bits per heavy atom. The van der Waals surface area contributed by atoms with E-state index in [9.17, 15) is 4.79 Å². The smallest absolute Gasteiger partial charge is 0.255 e. The quantitative estimate of drug-likeness (QED) is 0.840. The molecule has 0 radical (unpaired) electrons. The average molecular weight is 353 g/mol. The Labute approximate surface area is 131 Å². The van der Waals surface area contributed by atoms with E-state index in [1.807, 2.05) is 14.0 Å². The molecule has 0 saturated heterocycles. The number of benzene rings is 1. The van der Waals surface area contributed by atoms with Gasteiger partial charge in [-0.1, -0.05) is 0 Å². The Morgan fingerprint density at radius 1 is 1.35 bits per heavy atom. The fourth-order valence-corrected chi connectivity index (χ4v) is 3.33. The molecule has 106 valence electrons. The van der Waals surface area contributed by atoms with Gasteiger partial charge in [0.1, 0.15) is 0 Å². The largest absolute Gasteiger partial charge is 0.399 e. The molecule has 0 aliphatic heterocycles. The van der Waals surface area contributed by atoms with E-state index < -0.39 is 0 Å². The summed E-state index contributed by atoms with van der Waals surface area (Å²) in [6.07, 6.45) is 0. The Kier molecular flexibility index (Phi) is 4.50. The minimum Gasteiger partial charge on any atom is -0.399 e. The predicted octanol–water partition coefficient (Wildman–Crippen LogP) is 4.23. The summed E-state index contributed by atoms with van der Waals surface area (Å²) in [5.74, 6) is -0.0391. The predicted molar refractivity (Wildman–Crippen MR) is 88.1 cm³/mol. The van der Waals surface area contributed by atoms with Crippen molar-refractivity contribution in [2.24, 2.45) is 0 Å². The molecule has 0 fully saturated rings. The molecule has 2 rings (SSSR count). The zero-order valence-electron chi connectivity index (χ0n) is 11.7. The zero-order chi connectivity index (χ0) is 14.9. The minimum absolute atomic E-state index is 0.0366. The van der Waals surface area contributed by atoms with E-state index in [-0.39, 0.29) is 11.9 Å². The molecule has 1 amide bonds. The summed E-state index contributed by atoms with van der Waals surface area (Å²) in [5, 5.41) is 0. The van der Waals surface area contributed by atoms with E-state index >= 15 is 0 Å². The van der Waals surface area contributed by atoms with Crippen molar-refractivity contribution in [3.8, 4) is 0 Å². The van der Waals surface area contributed by atoms with Gasteiger partial charge in [-0.25, -0.2) is 0 Å². The van der Waals surface area contributed by atoms with Gasteiger partial charge in [0, 0.05) is 27.0 Å². The minimum atomic E-state index is -0.0391. The highest BCUT2D eigenvalue weighted by molar-refractivity contribution is 9.10. The van der Waals surface area contributed by atoms with E-state index in [0.29, 0.717) is 11.3 Å². The number of nitrogen functional groups attached to an aromatic ring is 1. The van der Waals surface area contributed by atoms with Crippen LogP contribution in [0.1, 0.15) is 33.1 Å². The summed E-state index contributed by atoms with van der Waals surface area (Å²) >= 11 is 5.12. The lowest BCUT2D eigenvalue weighted by molar-refractivity contribution is 0.0744. The molecule has 1 heterocycles. The van der Waals surface area contributed by atoms with Gasteiger partial charge in [-0.15, -0.1) is 11.3 Å². The number of anilines is 1. The number of nitrogens with zero attached hydrogens (tertiary/aromatic N) is 1. The molecule has 0 aliphatic carbocycles. The molecular formula is C15H17BrN2OS. The summed E-state index contributed by atoms with van der Waals surface area (Å²) in [7, 11) is 1.82. The highest BCUT2D eigenvalue weighted by Gasteiger charge is 2.21. The van der Waals surface area contributed by atoms with Crippen LogP contribution in [0.25, 0.3) is 0 Å². The average Bonchev–Trinajstić information content (AvgIpc) is 2.85. The van der Waals surface area contributed by atoms with Crippen molar-refractivity contribution in [2.75, 3.05) is 12.8 Å². The molecule has 0 saturated carbocycles. The van der Waals surface area contributed by atoms with E-state index in [2.05, 4.69) is 35.0 Å². The number of carbonyl (C=O) groups is 1. The summed E-state index contributed by atoms with van der Waals surface area (Å²) in [6.45, 7) is 4.10. The number of aryl methyl sites for hydroxylation is 1. The van der Waals surface area contributed by atoms with Crippen molar-refractivity contribution in [1.82, 2.24) is 4.90 Å². The fraction of sp³-hybridized carbons (Fsp3) is 0.267. The Balaban J connectivity index is 2.26. The first kappa shape index (κ1) is 15.1. The summed E-state index contributed by atoms with van der Waals surface area (Å²) in [5.41, 5.74) is 6.94. The van der Waals surface area contributed by atoms with E-state index in [1.165, 1.54) is 9.75 Å². The summed E-state index contributed by atoms with van der Waals surface area (Å²) in [6, 6.07) is 9.46. The van der Waals surface area contributed by atoms with E-state index in [1.54, 1.807) is 34.4 Å². The van der Waals surface area contributed by atoms with Gasteiger partial charge in [-0.2, -0.15) is 0 Å². The third-order valence-electron chi connectivity index (χ3n) is 3.30. The van der Waals surface area contributed by atoms with Crippen molar-refractivity contribution in [2.45, 2.75) is 19.9 Å². The van der Waals surface area contributed by atoms with Gasteiger partial charge in [-0.05, 0) is 60.1 Å². The summed E-state index contributed by atoms with van der Waals surface area (Å²) < 4.78 is 0.762. The normalized spacial score (nSPS) is 12.2. The maximum absolute atomic E-state index is 12.6. The van der Waals surface area contributed by atoms with Gasteiger partial charge < -0.3 is 10.6 Å². The van der Waals surface area contributed by atoms with Crippen LogP contribution in [-0.2, 0) is 0 Å². The van der Waals surface area contributed by atoms with Crippen LogP contribution in [0.4, 0.5) is 5.69 Å². The van der Waals surface area contributed by atoms with Crippen molar-refractivity contribution in [1.29, 1.82) is 0 Å². The first-order valence-corrected chi connectivity index (χ1v) is 7.89. The second-order valence-corrected chi connectivity index (χ2v) is 6.95. The lowest BCUT2D eigenvalue weighted by atomic mass is 10.1. The number of halogens is 1. The third-order valence-corrected chi connectivity index (χ3v) is 5.16. The number of hydrogen-bond donors (Lipinski definition) is 1. The van der Waals surface area contributed by atoms with Crippen LogP contribution in [-0.4, -0.2) is 17.9 Å². The molecule has 2 N–H and O–H groups in total. The number of thiophene rings is 1. The molecule has 1 unspecified atom stereocenters.